The van der Waals surface area contributed by atoms with Gasteiger partial charge in [0, 0.05) is 0 Å². The molecule has 0 unspecified atom stereocenters. The van der Waals surface area contributed by atoms with Crippen molar-refractivity contribution in [2.24, 2.45) is 0 Å². The Kier molecular flexibility index (Phi) is 23.4. The zero-order valence-electron chi connectivity index (χ0n) is 7.06. The largest absolute Gasteiger partial charge is 1.00 e. The van der Waals surface area contributed by atoms with Crippen molar-refractivity contribution < 1.29 is 21.5 Å². The van der Waals surface area contributed by atoms with E-state index in [9.17, 15) is 0 Å². The third-order valence-electron chi connectivity index (χ3n) is 1.71. The Morgan fingerprint density at radius 1 is 0.900 bits per heavy atom. The predicted octanol–water partition coefficient (Wildman–Crippen LogP) is -0.738. The molecule has 68 valence electrons. The van der Waals surface area contributed by atoms with Gasteiger partial charge >= 0.3 is 0 Å². The van der Waals surface area contributed by atoms with Gasteiger partial charge in [0.05, 0.1) is 27.2 Å². The molecule has 0 aliphatic heterocycles. The Labute approximate surface area is 96.1 Å². The van der Waals surface area contributed by atoms with Crippen LogP contribution in [0, 0.1) is 0 Å². The highest BCUT2D eigenvalue weighted by molar-refractivity contribution is 8.93. The van der Waals surface area contributed by atoms with Crippen molar-refractivity contribution in [1.82, 2.24) is 0 Å². The summed E-state index contributed by atoms with van der Waals surface area (Å²) in [7, 11) is 4.47. The molecule has 0 bridgehead atoms. The van der Waals surface area contributed by atoms with Gasteiger partial charge in [-0.05, 0) is 13.8 Å². The Morgan fingerprint density at radius 2 is 1.10 bits per heavy atom. The fraction of sp³-hybridized carbons (Fsp3) is 1.00. The number of hydrogen-bond acceptors (Lipinski definition) is 0. The Bertz CT molecular complexity index is 51.0. The molecule has 4 heteroatoms. The maximum absolute atomic E-state index is 2.24. The van der Waals surface area contributed by atoms with Crippen molar-refractivity contribution in [3.63, 3.8) is 0 Å². The fourth-order valence-corrected chi connectivity index (χ4v) is 0.224. The minimum absolute atomic E-state index is 0. The van der Waals surface area contributed by atoms with Gasteiger partial charge in [-0.15, -0.1) is 34.0 Å². The van der Waals surface area contributed by atoms with Gasteiger partial charge in [0.2, 0.25) is 0 Å². The molecule has 0 saturated heterocycles. The summed E-state index contributed by atoms with van der Waals surface area (Å²) in [4.78, 5) is 0. The van der Waals surface area contributed by atoms with E-state index in [0.717, 1.165) is 4.48 Å². The minimum Gasteiger partial charge on any atom is -1.00 e. The first-order chi connectivity index (χ1) is 3.12. The van der Waals surface area contributed by atoms with Crippen LogP contribution in [0.2, 0.25) is 0 Å². The molecule has 0 fully saturated rings. The van der Waals surface area contributed by atoms with Gasteiger partial charge in [0.1, 0.15) is 0 Å². The molecule has 0 N–H and O–H groups in total. The highest BCUT2D eigenvalue weighted by Crippen LogP contribution is 1.91. The molecular weight excluding hydrogens is 326 g/mol. The summed E-state index contributed by atoms with van der Waals surface area (Å²) in [6.45, 7) is 6.89. The molecule has 10 heavy (non-hydrogen) atoms. The van der Waals surface area contributed by atoms with Crippen LogP contribution in [0.5, 0.6) is 0 Å². The molecule has 0 atom stereocenters. The summed E-state index contributed by atoms with van der Waals surface area (Å²) < 4.78 is 1.14. The number of nitrogens with zero attached hydrogens (tertiary/aromatic N) is 1. The Morgan fingerprint density at radius 3 is 1.10 bits per heavy atom. The lowest BCUT2D eigenvalue weighted by Gasteiger charge is -2.25. The van der Waals surface area contributed by atoms with E-state index in [1.165, 1.54) is 13.1 Å². The smallest absolute Gasteiger partial charge is 0.0753 e. The zero-order chi connectivity index (χ0) is 5.91. The van der Waals surface area contributed by atoms with Crippen LogP contribution in [0.15, 0.2) is 0 Å². The fourth-order valence-electron chi connectivity index (χ4n) is 0.224. The Balaban J connectivity index is -0.0000000600. The van der Waals surface area contributed by atoms with E-state index >= 15 is 0 Å². The summed E-state index contributed by atoms with van der Waals surface area (Å²) >= 11 is 0. The lowest BCUT2D eigenvalue weighted by molar-refractivity contribution is -0.886. The number of rotatable bonds is 2. The van der Waals surface area contributed by atoms with Crippen molar-refractivity contribution in [2.45, 2.75) is 13.8 Å². The van der Waals surface area contributed by atoms with Crippen molar-refractivity contribution >= 4 is 34.0 Å². The minimum atomic E-state index is 0. The van der Waals surface area contributed by atoms with Crippen LogP contribution >= 0.6 is 34.0 Å². The lowest BCUT2D eigenvalue weighted by atomic mass is 10.5. The number of hydrogen-bond donors (Lipinski definition) is 0. The van der Waals surface area contributed by atoms with Crippen LogP contribution < -0.4 is 17.0 Å². The molecule has 0 aromatic heterocycles. The molecule has 0 amide bonds. The first-order valence-electron chi connectivity index (χ1n) is 2.94. The average Bonchev–Trinajstić information content (AvgIpc) is 1.68. The molecule has 0 heterocycles. The maximum atomic E-state index is 2.24. The van der Waals surface area contributed by atoms with Crippen molar-refractivity contribution in [3.8, 4) is 0 Å². The third-order valence-corrected chi connectivity index (χ3v) is 1.71. The van der Waals surface area contributed by atoms with Gasteiger partial charge < -0.3 is 21.5 Å². The molecule has 0 radical (unpaired) electrons. The molecule has 0 aromatic rings. The molecule has 1 nitrogen and oxygen atoms in total. The molecule has 0 aliphatic rings. The molecular formula is C6H18Br3N. The van der Waals surface area contributed by atoms with Gasteiger partial charge in [-0.1, -0.05) is 0 Å². The lowest BCUT2D eigenvalue weighted by Crippen LogP contribution is -3.00. The second-order valence-electron chi connectivity index (χ2n) is 2.57. The first kappa shape index (κ1) is 22.5. The molecule has 0 aromatic carbocycles. The van der Waals surface area contributed by atoms with Gasteiger partial charge in [-0.3, -0.25) is 0 Å². The van der Waals surface area contributed by atoms with E-state index in [-0.39, 0.29) is 50.9 Å². The van der Waals surface area contributed by atoms with Crippen molar-refractivity contribution in [1.29, 1.82) is 0 Å². The van der Waals surface area contributed by atoms with E-state index in [1.54, 1.807) is 0 Å². The standard InChI is InChI=1S/C6H16N.3BrH/c1-5-7(3,4)6-2;;;/h5-6H2,1-4H3;3*1H/q+1;;;/p-1. The second-order valence-corrected chi connectivity index (χ2v) is 2.57. The summed E-state index contributed by atoms with van der Waals surface area (Å²) in [5, 5.41) is 0. The zero-order valence-corrected chi connectivity index (χ0v) is 12.1. The molecule has 0 aliphatic carbocycles. The normalized spacial score (nSPS) is 8.40. The van der Waals surface area contributed by atoms with Crippen molar-refractivity contribution in [3.05, 3.63) is 0 Å². The van der Waals surface area contributed by atoms with Gasteiger partial charge in [0.25, 0.3) is 0 Å². The van der Waals surface area contributed by atoms with E-state index in [0.29, 0.717) is 0 Å². The van der Waals surface area contributed by atoms with E-state index in [2.05, 4.69) is 27.9 Å². The highest BCUT2D eigenvalue weighted by atomic mass is 79.9. The van der Waals surface area contributed by atoms with Gasteiger partial charge in [-0.2, -0.15) is 0 Å². The highest BCUT2D eigenvalue weighted by Gasteiger charge is 2.04. The predicted molar refractivity (Wildman–Crippen MR) is 53.8 cm³/mol. The summed E-state index contributed by atoms with van der Waals surface area (Å²) in [5.41, 5.74) is 0. The van der Waals surface area contributed by atoms with E-state index in [4.69, 9.17) is 0 Å². The van der Waals surface area contributed by atoms with Crippen LogP contribution in [-0.2, 0) is 0 Å². The summed E-state index contributed by atoms with van der Waals surface area (Å²) in [5.74, 6) is 0. The van der Waals surface area contributed by atoms with Gasteiger partial charge in [0.15, 0.2) is 0 Å². The van der Waals surface area contributed by atoms with E-state index < -0.39 is 0 Å². The monoisotopic (exact) mass is 341 g/mol. The second kappa shape index (κ2) is 10.4. The van der Waals surface area contributed by atoms with Crippen LogP contribution in [0.3, 0.4) is 0 Å². The molecule has 0 saturated carbocycles. The number of quaternary nitrogens is 1. The molecule has 0 rings (SSSR count). The Hall–Kier alpha value is 1.40. The van der Waals surface area contributed by atoms with Gasteiger partial charge in [-0.25, -0.2) is 0 Å². The quantitative estimate of drug-likeness (QED) is 0.580. The van der Waals surface area contributed by atoms with E-state index in [1.807, 2.05) is 0 Å². The van der Waals surface area contributed by atoms with Crippen LogP contribution in [-0.4, -0.2) is 31.7 Å². The average molecular weight is 344 g/mol. The SMILES string of the molecule is Br.Br.CC[N+](C)(C)CC.[Br-]. The number of halogens is 3. The van der Waals surface area contributed by atoms with Crippen LogP contribution in [0.25, 0.3) is 0 Å². The molecule has 0 spiro atoms. The maximum Gasteiger partial charge on any atom is 0.0753 e. The topological polar surface area (TPSA) is 0 Å². The van der Waals surface area contributed by atoms with Crippen LogP contribution in [0.4, 0.5) is 0 Å². The first-order valence-corrected chi connectivity index (χ1v) is 2.94. The summed E-state index contributed by atoms with van der Waals surface area (Å²) in [6, 6.07) is 0. The third kappa shape index (κ3) is 12.1. The van der Waals surface area contributed by atoms with Crippen LogP contribution in [0.1, 0.15) is 13.8 Å². The summed E-state index contributed by atoms with van der Waals surface area (Å²) in [6.07, 6.45) is 0. The van der Waals surface area contributed by atoms with Crippen molar-refractivity contribution in [2.75, 3.05) is 27.2 Å².